The number of nitrogens with zero attached hydrogens (tertiary/aromatic N) is 4. The molecule has 0 aromatic carbocycles. The van der Waals surface area contributed by atoms with Crippen LogP contribution in [-0.2, 0) is 22.7 Å². The summed E-state index contributed by atoms with van der Waals surface area (Å²) in [7, 11) is -11.0. The summed E-state index contributed by atoms with van der Waals surface area (Å²) in [6.07, 6.45) is -3.40. The van der Waals surface area contributed by atoms with Crippen molar-refractivity contribution < 1.29 is 118 Å². The quantitative estimate of drug-likeness (QED) is 0.208. The summed E-state index contributed by atoms with van der Waals surface area (Å²) in [5.41, 5.74) is 6.06. The van der Waals surface area contributed by atoms with Crippen molar-refractivity contribution in [3.05, 3.63) is 12.7 Å². The Kier molecular flexibility index (Phi) is 13.8. The van der Waals surface area contributed by atoms with E-state index in [1.165, 1.54) is 10.9 Å². The van der Waals surface area contributed by atoms with Crippen molar-refractivity contribution in [3.8, 4) is 0 Å². The third-order valence-corrected chi connectivity index (χ3v) is 5.69. The molecule has 21 heteroatoms. The number of nitrogens with two attached hydrogens (primary N) is 1. The monoisotopic (exact) mass is 507 g/mol. The van der Waals surface area contributed by atoms with Crippen molar-refractivity contribution in [1.82, 2.24) is 19.5 Å². The second-order valence-electron chi connectivity index (χ2n) is 5.42. The minimum atomic E-state index is -5.60. The molecular formula is C10H17N5Na2O12P2. The SMILES string of the molecule is Nc1ncnc2c1ncn2C1OC(COP(=O)([O-])OP(=O)([O-])O)C(O)C1O.O.O.[Na+].[Na+]. The molecule has 0 amide bonds. The third kappa shape index (κ3) is 7.99. The molecule has 31 heavy (non-hydrogen) atoms. The van der Waals surface area contributed by atoms with E-state index < -0.39 is 46.8 Å². The topological polar surface area (TPSA) is 301 Å². The van der Waals surface area contributed by atoms with Crippen LogP contribution >= 0.6 is 15.6 Å². The Labute approximate surface area is 218 Å². The number of hydrogen-bond donors (Lipinski definition) is 4. The molecule has 2 aromatic heterocycles. The van der Waals surface area contributed by atoms with Crippen LogP contribution in [0.5, 0.6) is 0 Å². The summed E-state index contributed by atoms with van der Waals surface area (Å²) < 4.78 is 36.1. The van der Waals surface area contributed by atoms with Gasteiger partial charge in [0.25, 0.3) is 15.6 Å². The predicted molar refractivity (Wildman–Crippen MR) is 87.4 cm³/mol. The van der Waals surface area contributed by atoms with Gasteiger partial charge in [-0.15, -0.1) is 0 Å². The Hall–Kier alpha value is 0.410. The van der Waals surface area contributed by atoms with Gasteiger partial charge < -0.3 is 50.8 Å². The molecule has 6 atom stereocenters. The van der Waals surface area contributed by atoms with Crippen LogP contribution in [0, 0.1) is 0 Å². The number of anilines is 1. The minimum absolute atomic E-state index is 0. The summed E-state index contributed by atoms with van der Waals surface area (Å²) in [4.78, 5) is 41.9. The van der Waals surface area contributed by atoms with Gasteiger partial charge in [0.15, 0.2) is 17.7 Å². The number of aliphatic hydroxyl groups is 2. The van der Waals surface area contributed by atoms with Gasteiger partial charge in [-0.05, 0) is 0 Å². The summed E-state index contributed by atoms with van der Waals surface area (Å²) in [5.74, 6) is 0.0714. The van der Waals surface area contributed by atoms with Crippen LogP contribution in [0.1, 0.15) is 6.23 Å². The maximum atomic E-state index is 11.3. The molecular weight excluding hydrogens is 490 g/mol. The maximum Gasteiger partial charge on any atom is 1.00 e. The van der Waals surface area contributed by atoms with Crippen LogP contribution in [0.25, 0.3) is 11.2 Å². The van der Waals surface area contributed by atoms with E-state index in [-0.39, 0.29) is 87.0 Å². The van der Waals surface area contributed by atoms with E-state index in [4.69, 9.17) is 15.4 Å². The Morgan fingerprint density at radius 3 is 2.35 bits per heavy atom. The smallest absolute Gasteiger partial charge is 0.756 e. The Morgan fingerprint density at radius 1 is 1.16 bits per heavy atom. The van der Waals surface area contributed by atoms with Crippen molar-refractivity contribution >= 4 is 32.6 Å². The molecule has 3 heterocycles. The fourth-order valence-corrected chi connectivity index (χ4v) is 4.00. The zero-order valence-corrected chi connectivity index (χ0v) is 21.9. The number of aromatic nitrogens is 4. The van der Waals surface area contributed by atoms with Gasteiger partial charge in [0, 0.05) is 0 Å². The fourth-order valence-electron chi connectivity index (χ4n) is 2.47. The van der Waals surface area contributed by atoms with Crippen LogP contribution in [0.4, 0.5) is 5.82 Å². The van der Waals surface area contributed by atoms with Crippen molar-refractivity contribution in [2.24, 2.45) is 0 Å². The predicted octanol–water partition coefficient (Wildman–Crippen LogP) is -10.7. The zero-order chi connectivity index (χ0) is 20.0. The Bertz CT molecular complexity index is 946. The van der Waals surface area contributed by atoms with Gasteiger partial charge in [-0.25, -0.2) is 19.3 Å². The van der Waals surface area contributed by atoms with Crippen molar-refractivity contribution in [2.75, 3.05) is 12.3 Å². The first-order chi connectivity index (χ1) is 12.5. The maximum absolute atomic E-state index is 11.3. The van der Waals surface area contributed by atoms with E-state index in [0.717, 1.165) is 6.33 Å². The largest absolute Gasteiger partial charge is 1.00 e. The first-order valence-corrected chi connectivity index (χ1v) is 10.1. The second-order valence-corrected chi connectivity index (χ2v) is 8.17. The van der Waals surface area contributed by atoms with Crippen molar-refractivity contribution in [3.63, 3.8) is 0 Å². The molecule has 9 N–H and O–H groups in total. The standard InChI is InChI=1S/C10H15N5O10P2.2Na.2H2O/c11-8-5-9(13-2-12-8)15(3-14-5)10-7(17)6(16)4(24-10)1-23-27(21,22)25-26(18,19)20;;;;/h2-4,6-7,10,16-17H,1H2,(H,21,22)(H2,11,12,13)(H2,18,19,20);;;2*1H2/q;2*+1;;/p-2. The molecule has 6 unspecified atom stereocenters. The number of nitrogen functional groups attached to an aromatic ring is 1. The Morgan fingerprint density at radius 2 is 1.77 bits per heavy atom. The van der Waals surface area contributed by atoms with Gasteiger partial charge in [-0.2, -0.15) is 0 Å². The number of fused-ring (bicyclic) bond motifs is 1. The average Bonchev–Trinajstić information content (AvgIpc) is 3.07. The molecule has 3 rings (SSSR count). The van der Waals surface area contributed by atoms with Crippen LogP contribution in [0.3, 0.4) is 0 Å². The van der Waals surface area contributed by atoms with Gasteiger partial charge in [-0.1, -0.05) is 0 Å². The first kappa shape index (κ1) is 33.6. The number of hydrogen-bond acceptors (Lipinski definition) is 13. The number of imidazole rings is 1. The van der Waals surface area contributed by atoms with Gasteiger partial charge in [0.05, 0.1) is 12.9 Å². The third-order valence-electron chi connectivity index (χ3n) is 3.60. The van der Waals surface area contributed by atoms with Gasteiger partial charge in [-0.3, -0.25) is 13.7 Å². The van der Waals surface area contributed by atoms with Crippen LogP contribution in [0.15, 0.2) is 12.7 Å². The Balaban J connectivity index is 0. The molecule has 17 nitrogen and oxygen atoms in total. The first-order valence-electron chi connectivity index (χ1n) is 7.14. The second kappa shape index (κ2) is 12.8. The normalized spacial score (nSPS) is 26.4. The summed E-state index contributed by atoms with van der Waals surface area (Å²) in [6, 6.07) is 0. The molecule has 1 fully saturated rings. The molecule has 0 saturated carbocycles. The summed E-state index contributed by atoms with van der Waals surface area (Å²) >= 11 is 0. The molecule has 166 valence electrons. The van der Waals surface area contributed by atoms with E-state index in [9.17, 15) is 29.1 Å². The molecule has 0 bridgehead atoms. The zero-order valence-electron chi connectivity index (χ0n) is 16.1. The van der Waals surface area contributed by atoms with Gasteiger partial charge in [0.1, 0.15) is 30.2 Å². The van der Waals surface area contributed by atoms with E-state index in [1.807, 2.05) is 0 Å². The van der Waals surface area contributed by atoms with Crippen molar-refractivity contribution in [1.29, 1.82) is 0 Å². The number of phosphoric acid groups is 2. The van der Waals surface area contributed by atoms with E-state index in [2.05, 4.69) is 23.8 Å². The van der Waals surface area contributed by atoms with E-state index in [1.54, 1.807) is 0 Å². The van der Waals surface area contributed by atoms with Crippen molar-refractivity contribution in [2.45, 2.75) is 24.5 Å². The summed E-state index contributed by atoms with van der Waals surface area (Å²) in [6.45, 7) is -0.904. The van der Waals surface area contributed by atoms with E-state index >= 15 is 0 Å². The number of rotatable bonds is 6. The fraction of sp³-hybridized carbons (Fsp3) is 0.500. The minimum Gasteiger partial charge on any atom is -0.756 e. The molecule has 0 aliphatic carbocycles. The van der Waals surface area contributed by atoms with Gasteiger partial charge >= 0.3 is 59.1 Å². The molecule has 1 aliphatic rings. The number of phosphoric ester groups is 1. The van der Waals surface area contributed by atoms with Crippen LogP contribution in [-0.4, -0.2) is 70.5 Å². The summed E-state index contributed by atoms with van der Waals surface area (Å²) in [5, 5.41) is 20.2. The average molecular weight is 507 g/mol. The van der Waals surface area contributed by atoms with Crippen LogP contribution < -0.4 is 74.6 Å². The van der Waals surface area contributed by atoms with Gasteiger partial charge in [0.2, 0.25) is 0 Å². The molecule has 1 saturated heterocycles. The number of aliphatic hydroxyl groups excluding tert-OH is 2. The molecule has 2 aromatic rings. The molecule has 0 spiro atoms. The molecule has 1 aliphatic heterocycles. The molecule has 0 radical (unpaired) electrons. The van der Waals surface area contributed by atoms with Crippen LogP contribution in [0.2, 0.25) is 0 Å². The number of ether oxygens (including phenoxy) is 1. The van der Waals surface area contributed by atoms with E-state index in [0.29, 0.717) is 0 Å².